The molecular formula is C26H22IN3O3. The van der Waals surface area contributed by atoms with Crippen molar-refractivity contribution in [2.24, 2.45) is 5.10 Å². The van der Waals surface area contributed by atoms with E-state index in [2.05, 4.69) is 68.9 Å². The van der Waals surface area contributed by atoms with Crippen LogP contribution in [0.25, 0.3) is 16.9 Å². The van der Waals surface area contributed by atoms with Gasteiger partial charge in [0.1, 0.15) is 0 Å². The average molecular weight is 551 g/mol. The quantitative estimate of drug-likeness (QED) is 0.188. The van der Waals surface area contributed by atoms with Crippen molar-refractivity contribution in [2.75, 3.05) is 7.11 Å². The molecule has 4 aromatic rings. The molecule has 0 unspecified atom stereocenters. The van der Waals surface area contributed by atoms with Crippen LogP contribution in [-0.4, -0.2) is 28.9 Å². The van der Waals surface area contributed by atoms with E-state index < -0.39 is 0 Å². The van der Waals surface area contributed by atoms with Crippen molar-refractivity contribution in [1.82, 2.24) is 9.99 Å². The highest BCUT2D eigenvalue weighted by atomic mass is 127. The molecule has 4 rings (SSSR count). The summed E-state index contributed by atoms with van der Waals surface area (Å²) in [6.07, 6.45) is 1.39. The summed E-state index contributed by atoms with van der Waals surface area (Å²) < 4.78 is 8.18. The van der Waals surface area contributed by atoms with Crippen LogP contribution >= 0.6 is 22.6 Å². The molecule has 0 aliphatic carbocycles. The van der Waals surface area contributed by atoms with Gasteiger partial charge >= 0.3 is 0 Å². The number of halogens is 1. The number of phenolic OH excluding ortho intramolecular Hbond substituents is 1. The van der Waals surface area contributed by atoms with Crippen molar-refractivity contribution in [3.8, 4) is 28.4 Å². The lowest BCUT2D eigenvalue weighted by atomic mass is 10.1. The number of ether oxygens (including phenoxy) is 1. The number of amides is 1. The predicted molar refractivity (Wildman–Crippen MR) is 138 cm³/mol. The zero-order chi connectivity index (χ0) is 23.4. The molecule has 0 atom stereocenters. The van der Waals surface area contributed by atoms with E-state index >= 15 is 0 Å². The molecule has 0 saturated carbocycles. The molecule has 33 heavy (non-hydrogen) atoms. The van der Waals surface area contributed by atoms with Gasteiger partial charge in [0.05, 0.1) is 19.0 Å². The zero-order valence-electron chi connectivity index (χ0n) is 18.1. The van der Waals surface area contributed by atoms with Gasteiger partial charge in [0.25, 0.3) is 5.91 Å². The number of phenols is 1. The fraction of sp³-hybridized carbons (Fsp3) is 0.0769. The Balaban J connectivity index is 1.51. The summed E-state index contributed by atoms with van der Waals surface area (Å²) in [6, 6.07) is 25.2. The summed E-state index contributed by atoms with van der Waals surface area (Å²) >= 11 is 2.12. The van der Waals surface area contributed by atoms with Crippen molar-refractivity contribution in [2.45, 2.75) is 6.92 Å². The number of aromatic nitrogens is 1. The third-order valence-electron chi connectivity index (χ3n) is 5.19. The number of benzene rings is 3. The van der Waals surface area contributed by atoms with E-state index in [-0.39, 0.29) is 11.7 Å². The Bertz CT molecular complexity index is 1310. The number of methoxy groups -OCH3 is 1. The van der Waals surface area contributed by atoms with Gasteiger partial charge in [0, 0.05) is 26.1 Å². The van der Waals surface area contributed by atoms with E-state index in [9.17, 15) is 9.90 Å². The zero-order valence-corrected chi connectivity index (χ0v) is 20.3. The predicted octanol–water partition coefficient (Wildman–Crippen LogP) is 5.54. The van der Waals surface area contributed by atoms with Crippen LogP contribution in [-0.2, 0) is 0 Å². The van der Waals surface area contributed by atoms with Crippen LogP contribution in [0.3, 0.4) is 0 Å². The van der Waals surface area contributed by atoms with Crippen LogP contribution in [0.5, 0.6) is 11.5 Å². The number of aryl methyl sites for hydroxylation is 1. The Morgan fingerprint density at radius 1 is 1.06 bits per heavy atom. The number of hydrazone groups is 1. The largest absolute Gasteiger partial charge is 0.504 e. The van der Waals surface area contributed by atoms with Crippen molar-refractivity contribution < 1.29 is 14.6 Å². The van der Waals surface area contributed by atoms with E-state index in [1.807, 2.05) is 30.3 Å². The van der Waals surface area contributed by atoms with Crippen LogP contribution < -0.4 is 10.2 Å². The summed E-state index contributed by atoms with van der Waals surface area (Å²) in [5, 5.41) is 14.2. The van der Waals surface area contributed by atoms with E-state index in [0.29, 0.717) is 16.9 Å². The number of nitrogens with zero attached hydrogens (tertiary/aromatic N) is 2. The van der Waals surface area contributed by atoms with E-state index in [4.69, 9.17) is 4.74 Å². The second kappa shape index (κ2) is 9.91. The molecule has 7 heteroatoms. The third kappa shape index (κ3) is 4.93. The normalized spacial score (nSPS) is 11.0. The topological polar surface area (TPSA) is 75.8 Å². The minimum Gasteiger partial charge on any atom is -0.504 e. The number of rotatable bonds is 6. The molecular weight excluding hydrogens is 529 g/mol. The van der Waals surface area contributed by atoms with E-state index in [1.165, 1.54) is 13.3 Å². The molecule has 1 amide bonds. The number of hydrogen-bond donors (Lipinski definition) is 2. The van der Waals surface area contributed by atoms with Gasteiger partial charge in [-0.25, -0.2) is 5.43 Å². The Morgan fingerprint density at radius 3 is 2.48 bits per heavy atom. The molecule has 3 aromatic carbocycles. The van der Waals surface area contributed by atoms with Gasteiger partial charge in [-0.1, -0.05) is 30.3 Å². The summed E-state index contributed by atoms with van der Waals surface area (Å²) in [6.45, 7) is 2.05. The number of carbonyl (C=O) groups is 1. The van der Waals surface area contributed by atoms with Crippen molar-refractivity contribution >= 4 is 34.7 Å². The summed E-state index contributed by atoms with van der Waals surface area (Å²) in [4.78, 5) is 12.5. The third-order valence-corrected chi connectivity index (χ3v) is 5.81. The van der Waals surface area contributed by atoms with Gasteiger partial charge in [0.15, 0.2) is 11.5 Å². The fourth-order valence-corrected chi connectivity index (χ4v) is 4.17. The Labute approximate surface area is 205 Å². The van der Waals surface area contributed by atoms with Gasteiger partial charge < -0.3 is 14.4 Å². The Morgan fingerprint density at radius 2 is 1.79 bits per heavy atom. The number of hydrogen-bond acceptors (Lipinski definition) is 4. The first-order valence-electron chi connectivity index (χ1n) is 10.2. The second-order valence-electron chi connectivity index (χ2n) is 7.35. The molecule has 0 saturated heterocycles. The van der Waals surface area contributed by atoms with Crippen LogP contribution in [0.2, 0.25) is 0 Å². The van der Waals surface area contributed by atoms with Crippen LogP contribution in [0.15, 0.2) is 84.0 Å². The molecule has 1 heterocycles. The van der Waals surface area contributed by atoms with Crippen LogP contribution in [0, 0.1) is 10.5 Å². The summed E-state index contributed by atoms with van der Waals surface area (Å²) in [5.74, 6) is -0.0283. The van der Waals surface area contributed by atoms with Crippen LogP contribution in [0.1, 0.15) is 21.6 Å². The second-order valence-corrected chi connectivity index (χ2v) is 8.60. The molecule has 0 fully saturated rings. The number of nitrogens with one attached hydrogen (secondary N) is 1. The Hall–Kier alpha value is -3.59. The van der Waals surface area contributed by atoms with E-state index in [1.54, 1.807) is 24.3 Å². The first kappa shape index (κ1) is 22.6. The van der Waals surface area contributed by atoms with E-state index in [0.717, 1.165) is 26.2 Å². The molecule has 0 spiro atoms. The average Bonchev–Trinajstić information content (AvgIpc) is 3.22. The highest BCUT2D eigenvalue weighted by Crippen LogP contribution is 2.31. The van der Waals surface area contributed by atoms with Gasteiger partial charge in [-0.15, -0.1) is 0 Å². The SMILES string of the molecule is COc1cc(I)cc(/C=N/NC(=O)c2ccc(-n3c(C)ccc3-c3ccccc3)cc2)c1O. The van der Waals surface area contributed by atoms with Gasteiger partial charge in [0.2, 0.25) is 0 Å². The van der Waals surface area contributed by atoms with Crippen LogP contribution in [0.4, 0.5) is 0 Å². The highest BCUT2D eigenvalue weighted by molar-refractivity contribution is 14.1. The molecule has 0 aliphatic heterocycles. The summed E-state index contributed by atoms with van der Waals surface area (Å²) in [7, 11) is 1.48. The monoisotopic (exact) mass is 551 g/mol. The van der Waals surface area contributed by atoms with Gasteiger partial charge in [-0.3, -0.25) is 4.79 Å². The molecule has 0 aliphatic rings. The lowest BCUT2D eigenvalue weighted by Crippen LogP contribution is -2.17. The Kier molecular flexibility index (Phi) is 6.79. The first-order valence-corrected chi connectivity index (χ1v) is 11.3. The van der Waals surface area contributed by atoms with Gasteiger partial charge in [-0.05, 0) is 83.6 Å². The fourth-order valence-electron chi connectivity index (χ4n) is 3.55. The maximum absolute atomic E-state index is 12.5. The maximum Gasteiger partial charge on any atom is 0.271 e. The van der Waals surface area contributed by atoms with Gasteiger partial charge in [-0.2, -0.15) is 5.10 Å². The first-order chi connectivity index (χ1) is 16.0. The van der Waals surface area contributed by atoms with Crippen molar-refractivity contribution in [3.05, 3.63) is 99.3 Å². The highest BCUT2D eigenvalue weighted by Gasteiger charge is 2.11. The maximum atomic E-state index is 12.5. The van der Waals surface area contributed by atoms with Crippen molar-refractivity contribution in [1.29, 1.82) is 0 Å². The summed E-state index contributed by atoms with van der Waals surface area (Å²) in [5.41, 5.74) is 7.71. The molecule has 0 bridgehead atoms. The molecule has 2 N–H and O–H groups in total. The number of carbonyl (C=O) groups excluding carboxylic acids is 1. The molecule has 1 aromatic heterocycles. The minimum atomic E-state index is -0.345. The smallest absolute Gasteiger partial charge is 0.271 e. The standard InChI is InChI=1S/C26H22IN3O3/c1-17-8-13-23(18-6-4-3-5-7-18)30(17)22-11-9-19(10-12-22)26(32)29-28-16-20-14-21(27)15-24(33-2)25(20)31/h3-16,31H,1-2H3,(H,29,32)/b28-16+. The molecule has 166 valence electrons. The lowest BCUT2D eigenvalue weighted by Gasteiger charge is -2.12. The molecule has 6 nitrogen and oxygen atoms in total. The lowest BCUT2D eigenvalue weighted by molar-refractivity contribution is 0.0955. The molecule has 0 radical (unpaired) electrons. The number of aromatic hydroxyl groups is 1. The minimum absolute atomic E-state index is 0.0309. The van der Waals surface area contributed by atoms with Crippen molar-refractivity contribution in [3.63, 3.8) is 0 Å².